The van der Waals surface area contributed by atoms with Crippen molar-refractivity contribution in [2.45, 2.75) is 25.4 Å². The summed E-state index contributed by atoms with van der Waals surface area (Å²) in [6.45, 7) is 2.43. The van der Waals surface area contributed by atoms with Gasteiger partial charge in [-0.3, -0.25) is 0 Å². The number of rotatable bonds is 3. The van der Waals surface area contributed by atoms with Crippen LogP contribution in [-0.2, 0) is 6.54 Å². The molecule has 0 amide bonds. The van der Waals surface area contributed by atoms with Crippen LogP contribution in [0.15, 0.2) is 47.5 Å². The normalized spacial score (nSPS) is 18.4. The average molecular weight is 481 g/mol. The molecule has 2 aromatic carbocycles. The number of guanidine groups is 1. The zero-order chi connectivity index (χ0) is 17.8. The molecule has 0 radical (unpaired) electrons. The summed E-state index contributed by atoms with van der Waals surface area (Å²) in [7, 11) is 0. The molecule has 0 saturated heterocycles. The summed E-state index contributed by atoms with van der Waals surface area (Å²) in [5.41, 5.74) is 8.23. The molecule has 0 fully saturated rings. The van der Waals surface area contributed by atoms with Crippen LogP contribution < -0.4 is 25.3 Å². The number of halogens is 1. The number of fused-ring (bicyclic) bond motifs is 2. The summed E-state index contributed by atoms with van der Waals surface area (Å²) in [6, 6.07) is 14.0. The molecule has 3 N–H and O–H groups in total. The summed E-state index contributed by atoms with van der Waals surface area (Å²) in [5.74, 6) is 2.87. The van der Waals surface area contributed by atoms with Crippen LogP contribution in [0.2, 0.25) is 0 Å². The molecule has 2 heterocycles. The van der Waals surface area contributed by atoms with Gasteiger partial charge >= 0.3 is 0 Å². The Labute approximate surface area is 176 Å². The maximum atomic E-state index is 6.14. The summed E-state index contributed by atoms with van der Waals surface area (Å²) in [5, 5.41) is 3.31. The third kappa shape index (κ3) is 4.58. The largest absolute Gasteiger partial charge is 0.493 e. The smallest absolute Gasteiger partial charge is 0.189 e. The van der Waals surface area contributed by atoms with Crippen LogP contribution in [0.3, 0.4) is 0 Å². The quantitative estimate of drug-likeness (QED) is 0.399. The van der Waals surface area contributed by atoms with Crippen molar-refractivity contribution in [3.63, 3.8) is 0 Å². The van der Waals surface area contributed by atoms with E-state index in [1.54, 1.807) is 0 Å². The lowest BCUT2D eigenvalue weighted by Crippen LogP contribution is -2.37. The molecule has 144 valence electrons. The van der Waals surface area contributed by atoms with Crippen LogP contribution in [0.4, 0.5) is 0 Å². The number of hydrogen-bond acceptors (Lipinski definition) is 4. The Balaban J connectivity index is 0.00000210. The van der Waals surface area contributed by atoms with Gasteiger partial charge in [0.05, 0.1) is 32.4 Å². The number of nitrogens with zero attached hydrogens (tertiary/aromatic N) is 1. The first-order valence-corrected chi connectivity index (χ1v) is 8.97. The van der Waals surface area contributed by atoms with E-state index in [1.807, 2.05) is 36.4 Å². The van der Waals surface area contributed by atoms with Crippen molar-refractivity contribution in [3.8, 4) is 17.2 Å². The molecule has 1 atom stereocenters. The van der Waals surface area contributed by atoms with E-state index in [0.29, 0.717) is 32.3 Å². The summed E-state index contributed by atoms with van der Waals surface area (Å²) in [4.78, 5) is 4.51. The highest BCUT2D eigenvalue weighted by Crippen LogP contribution is 2.34. The fraction of sp³-hybridized carbons (Fsp3) is 0.350. The van der Waals surface area contributed by atoms with Gasteiger partial charge in [0.2, 0.25) is 0 Å². The molecule has 2 aromatic rings. The number of nitrogens with one attached hydrogen (secondary N) is 1. The molecule has 7 heteroatoms. The zero-order valence-corrected chi connectivity index (χ0v) is 17.3. The van der Waals surface area contributed by atoms with Crippen molar-refractivity contribution < 1.29 is 14.2 Å². The van der Waals surface area contributed by atoms with Crippen molar-refractivity contribution in [1.82, 2.24) is 5.32 Å². The summed E-state index contributed by atoms with van der Waals surface area (Å²) >= 11 is 0. The zero-order valence-electron chi connectivity index (χ0n) is 15.0. The Kier molecular flexibility index (Phi) is 6.65. The molecule has 0 spiro atoms. The maximum Gasteiger partial charge on any atom is 0.189 e. The predicted molar refractivity (Wildman–Crippen MR) is 115 cm³/mol. The molecular weight excluding hydrogens is 457 g/mol. The molecule has 0 aromatic heterocycles. The van der Waals surface area contributed by atoms with E-state index in [9.17, 15) is 0 Å². The van der Waals surface area contributed by atoms with E-state index < -0.39 is 0 Å². The van der Waals surface area contributed by atoms with Crippen LogP contribution in [0.1, 0.15) is 30.0 Å². The number of nitrogens with two attached hydrogens (primary N) is 1. The first-order chi connectivity index (χ1) is 12.8. The Morgan fingerprint density at radius 3 is 2.70 bits per heavy atom. The van der Waals surface area contributed by atoms with Crippen molar-refractivity contribution in [3.05, 3.63) is 53.6 Å². The van der Waals surface area contributed by atoms with E-state index in [4.69, 9.17) is 19.9 Å². The Morgan fingerprint density at radius 2 is 1.78 bits per heavy atom. The van der Waals surface area contributed by atoms with Gasteiger partial charge in [0.1, 0.15) is 5.75 Å². The lowest BCUT2D eigenvalue weighted by molar-refractivity contribution is 0.262. The lowest BCUT2D eigenvalue weighted by atomic mass is 10.0. The van der Waals surface area contributed by atoms with Crippen molar-refractivity contribution in [2.24, 2.45) is 10.7 Å². The summed E-state index contributed by atoms with van der Waals surface area (Å²) < 4.78 is 17.2. The van der Waals surface area contributed by atoms with Gasteiger partial charge in [0.25, 0.3) is 0 Å². The Morgan fingerprint density at radius 1 is 1.00 bits per heavy atom. The van der Waals surface area contributed by atoms with Crippen LogP contribution in [0, 0.1) is 0 Å². The van der Waals surface area contributed by atoms with Gasteiger partial charge in [-0.15, -0.1) is 24.0 Å². The molecule has 0 aliphatic carbocycles. The number of para-hydroxylation sites is 2. The maximum absolute atomic E-state index is 6.14. The first-order valence-electron chi connectivity index (χ1n) is 8.97. The Bertz CT molecular complexity index is 813. The molecule has 0 saturated carbocycles. The second-order valence-electron chi connectivity index (χ2n) is 6.37. The van der Waals surface area contributed by atoms with E-state index >= 15 is 0 Å². The minimum atomic E-state index is 0. The first kappa shape index (κ1) is 19.6. The van der Waals surface area contributed by atoms with E-state index in [0.717, 1.165) is 41.2 Å². The SMILES string of the molecule is I.NC(=NCc1cccc2c1OCCCO2)NC1CCOc2ccccc21. The second-order valence-corrected chi connectivity index (χ2v) is 6.37. The van der Waals surface area contributed by atoms with Crippen molar-refractivity contribution >= 4 is 29.9 Å². The van der Waals surface area contributed by atoms with Gasteiger partial charge in [-0.2, -0.15) is 0 Å². The molecule has 6 nitrogen and oxygen atoms in total. The van der Waals surface area contributed by atoms with Gasteiger partial charge in [0, 0.05) is 24.0 Å². The van der Waals surface area contributed by atoms with Crippen molar-refractivity contribution in [2.75, 3.05) is 19.8 Å². The van der Waals surface area contributed by atoms with Gasteiger partial charge in [-0.25, -0.2) is 4.99 Å². The molecule has 2 aliphatic heterocycles. The van der Waals surface area contributed by atoms with Gasteiger partial charge < -0.3 is 25.3 Å². The number of benzene rings is 2. The average Bonchev–Trinajstić information content (AvgIpc) is 2.92. The minimum Gasteiger partial charge on any atom is -0.493 e. The highest BCUT2D eigenvalue weighted by Gasteiger charge is 2.21. The third-order valence-corrected chi connectivity index (χ3v) is 4.55. The fourth-order valence-corrected chi connectivity index (χ4v) is 3.27. The molecule has 2 aliphatic rings. The van der Waals surface area contributed by atoms with Gasteiger partial charge in [0.15, 0.2) is 17.5 Å². The van der Waals surface area contributed by atoms with E-state index in [-0.39, 0.29) is 30.0 Å². The number of hydrogen-bond donors (Lipinski definition) is 2. The number of ether oxygens (including phenoxy) is 3. The molecule has 27 heavy (non-hydrogen) atoms. The minimum absolute atomic E-state index is 0. The third-order valence-electron chi connectivity index (χ3n) is 4.55. The highest BCUT2D eigenvalue weighted by atomic mass is 127. The molecular formula is C20H24IN3O3. The second kappa shape index (κ2) is 9.16. The molecule has 0 bridgehead atoms. The van der Waals surface area contributed by atoms with E-state index in [1.165, 1.54) is 0 Å². The van der Waals surface area contributed by atoms with Crippen LogP contribution in [0.5, 0.6) is 17.2 Å². The molecule has 4 rings (SSSR count). The molecule has 1 unspecified atom stereocenters. The lowest BCUT2D eigenvalue weighted by Gasteiger charge is -2.27. The predicted octanol–water partition coefficient (Wildman–Crippen LogP) is 3.39. The topological polar surface area (TPSA) is 78.1 Å². The van der Waals surface area contributed by atoms with Gasteiger partial charge in [-0.05, 0) is 12.1 Å². The van der Waals surface area contributed by atoms with Crippen molar-refractivity contribution in [1.29, 1.82) is 0 Å². The van der Waals surface area contributed by atoms with Crippen LogP contribution in [0.25, 0.3) is 0 Å². The van der Waals surface area contributed by atoms with E-state index in [2.05, 4.69) is 16.4 Å². The summed E-state index contributed by atoms with van der Waals surface area (Å²) in [6.07, 6.45) is 1.73. The van der Waals surface area contributed by atoms with Crippen LogP contribution in [-0.4, -0.2) is 25.8 Å². The monoisotopic (exact) mass is 481 g/mol. The van der Waals surface area contributed by atoms with Crippen LogP contribution >= 0.6 is 24.0 Å². The number of aliphatic imine (C=N–C) groups is 1. The fourth-order valence-electron chi connectivity index (χ4n) is 3.27. The Hall–Kier alpha value is -2.16. The van der Waals surface area contributed by atoms with Gasteiger partial charge in [-0.1, -0.05) is 30.3 Å². The highest BCUT2D eigenvalue weighted by molar-refractivity contribution is 14.0. The standard InChI is InChI=1S/C20H23N3O3.HI/c21-20(23-16-9-12-25-17-7-2-1-6-15(16)17)22-13-14-5-3-8-18-19(14)26-11-4-10-24-18;/h1-3,5-8,16H,4,9-13H2,(H3,21,22,23);1H.